The summed E-state index contributed by atoms with van der Waals surface area (Å²) in [6, 6.07) is 32.8. The fraction of sp³-hybridized carbons (Fsp3) is 0. The van der Waals surface area contributed by atoms with Gasteiger partial charge in [-0.05, 0) is 71.8 Å². The van der Waals surface area contributed by atoms with Crippen LogP contribution in [0.3, 0.4) is 0 Å². The van der Waals surface area contributed by atoms with Crippen LogP contribution in [0.4, 0.5) is 17.1 Å². The number of carbonyl (C=O) groups excluding carboxylic acids is 2. The number of ether oxygens (including phenoxy) is 2. The fourth-order valence-electron chi connectivity index (χ4n) is 3.52. The molecule has 5 heteroatoms. The van der Waals surface area contributed by atoms with E-state index < -0.39 is 11.9 Å². The van der Waals surface area contributed by atoms with E-state index in [1.54, 1.807) is 24.3 Å². The second-order valence-electron chi connectivity index (χ2n) is 7.49. The van der Waals surface area contributed by atoms with Crippen LogP contribution in [0.1, 0.15) is 0 Å². The lowest BCUT2D eigenvalue weighted by atomic mass is 10.0. The highest BCUT2D eigenvalue weighted by atomic mass is 16.5. The monoisotopic (exact) mass is 461 g/mol. The molecule has 0 saturated heterocycles. The summed E-state index contributed by atoms with van der Waals surface area (Å²) in [6.45, 7) is 6.83. The molecule has 5 nitrogen and oxygen atoms in total. The maximum Gasteiger partial charge on any atom is 0.335 e. The highest BCUT2D eigenvalue weighted by molar-refractivity contribution is 5.84. The average molecular weight is 462 g/mol. The molecular weight excluding hydrogens is 438 g/mol. The summed E-state index contributed by atoms with van der Waals surface area (Å²) in [5, 5.41) is 0. The van der Waals surface area contributed by atoms with Gasteiger partial charge in [-0.1, -0.05) is 55.6 Å². The molecule has 0 amide bonds. The molecule has 0 aliphatic carbocycles. The molecule has 0 spiro atoms. The highest BCUT2D eigenvalue weighted by Gasteiger charge is 2.13. The normalized spacial score (nSPS) is 10.2. The lowest BCUT2D eigenvalue weighted by Gasteiger charge is -2.25. The predicted octanol–water partition coefficient (Wildman–Crippen LogP) is 7.01. The molecule has 0 fully saturated rings. The second-order valence-corrected chi connectivity index (χ2v) is 7.49. The summed E-state index contributed by atoms with van der Waals surface area (Å²) in [4.78, 5) is 25.0. The van der Waals surface area contributed by atoms with Crippen LogP contribution in [0.15, 0.2) is 128 Å². The van der Waals surface area contributed by atoms with Crippen molar-refractivity contribution >= 4 is 29.0 Å². The summed E-state index contributed by atoms with van der Waals surface area (Å²) in [5.74, 6) is -0.0767. The fourth-order valence-corrected chi connectivity index (χ4v) is 3.52. The van der Waals surface area contributed by atoms with E-state index >= 15 is 0 Å². The summed E-state index contributed by atoms with van der Waals surface area (Å²) >= 11 is 0. The van der Waals surface area contributed by atoms with Gasteiger partial charge in [0.05, 0.1) is 0 Å². The molecule has 0 heterocycles. The van der Waals surface area contributed by atoms with Gasteiger partial charge in [-0.2, -0.15) is 0 Å². The first-order chi connectivity index (χ1) is 17.1. The average Bonchev–Trinajstić information content (AvgIpc) is 2.91. The van der Waals surface area contributed by atoms with E-state index in [1.807, 2.05) is 78.9 Å². The SMILES string of the molecule is C=CC(=O)Oc1ccc(-c2ccc(N(c3ccccc3)c3ccc(OC(=O)C=C)cc3)cc2)cc1. The maximum atomic E-state index is 11.5. The smallest absolute Gasteiger partial charge is 0.335 e. The lowest BCUT2D eigenvalue weighted by molar-refractivity contribution is -0.129. The van der Waals surface area contributed by atoms with Gasteiger partial charge in [0, 0.05) is 29.2 Å². The molecule has 4 aromatic carbocycles. The van der Waals surface area contributed by atoms with E-state index in [1.165, 1.54) is 0 Å². The van der Waals surface area contributed by atoms with Gasteiger partial charge in [-0.15, -0.1) is 0 Å². The Kier molecular flexibility index (Phi) is 7.19. The number of nitrogens with zero attached hydrogens (tertiary/aromatic N) is 1. The molecule has 172 valence electrons. The molecule has 0 aliphatic rings. The number of hydrogen-bond donors (Lipinski definition) is 0. The van der Waals surface area contributed by atoms with Crippen LogP contribution >= 0.6 is 0 Å². The number of para-hydroxylation sites is 1. The van der Waals surface area contributed by atoms with Crippen molar-refractivity contribution in [2.24, 2.45) is 0 Å². The summed E-state index contributed by atoms with van der Waals surface area (Å²) < 4.78 is 10.3. The van der Waals surface area contributed by atoms with Crippen LogP contribution in [0.5, 0.6) is 11.5 Å². The van der Waals surface area contributed by atoms with Gasteiger partial charge in [0.1, 0.15) is 11.5 Å². The van der Waals surface area contributed by atoms with Crippen molar-refractivity contribution in [2.45, 2.75) is 0 Å². The molecule has 0 unspecified atom stereocenters. The quantitative estimate of drug-likeness (QED) is 0.161. The minimum Gasteiger partial charge on any atom is -0.423 e. The number of rotatable bonds is 8. The molecule has 4 aromatic rings. The first-order valence-electron chi connectivity index (χ1n) is 10.9. The third-order valence-corrected chi connectivity index (χ3v) is 5.19. The Morgan fingerprint density at radius 1 is 0.543 bits per heavy atom. The predicted molar refractivity (Wildman–Crippen MR) is 138 cm³/mol. The number of anilines is 3. The Morgan fingerprint density at radius 2 is 0.914 bits per heavy atom. The molecule has 35 heavy (non-hydrogen) atoms. The van der Waals surface area contributed by atoms with Crippen LogP contribution < -0.4 is 14.4 Å². The zero-order valence-corrected chi connectivity index (χ0v) is 19.0. The number of carbonyl (C=O) groups is 2. The van der Waals surface area contributed by atoms with Crippen molar-refractivity contribution in [3.05, 3.63) is 128 Å². The van der Waals surface area contributed by atoms with Crippen molar-refractivity contribution in [3.63, 3.8) is 0 Å². The molecule has 0 N–H and O–H groups in total. The first kappa shape index (κ1) is 23.3. The van der Waals surface area contributed by atoms with Crippen LogP contribution in [0.25, 0.3) is 11.1 Å². The standard InChI is InChI=1S/C30H23NO4/c1-3-29(32)34-27-18-12-23(13-19-27)22-10-14-25(15-11-22)31(24-8-6-5-7-9-24)26-16-20-28(21-17-26)35-30(33)4-2/h3-21H,1-2H2. The summed E-state index contributed by atoms with van der Waals surface area (Å²) in [6.07, 6.45) is 2.26. The number of benzene rings is 4. The molecule has 0 bridgehead atoms. The van der Waals surface area contributed by atoms with Crippen LogP contribution in [0.2, 0.25) is 0 Å². The van der Waals surface area contributed by atoms with Crippen LogP contribution in [-0.4, -0.2) is 11.9 Å². The van der Waals surface area contributed by atoms with Crippen molar-refractivity contribution < 1.29 is 19.1 Å². The van der Waals surface area contributed by atoms with Crippen molar-refractivity contribution in [1.82, 2.24) is 0 Å². The minimum absolute atomic E-state index is 0.448. The Hall–Kier alpha value is -4.90. The third-order valence-electron chi connectivity index (χ3n) is 5.19. The molecule has 0 aromatic heterocycles. The largest absolute Gasteiger partial charge is 0.423 e. The van der Waals surface area contributed by atoms with E-state index in [4.69, 9.17) is 9.47 Å². The molecular formula is C30H23NO4. The van der Waals surface area contributed by atoms with Gasteiger partial charge < -0.3 is 14.4 Å². The van der Waals surface area contributed by atoms with Crippen molar-refractivity contribution in [3.8, 4) is 22.6 Å². The maximum absolute atomic E-state index is 11.5. The van der Waals surface area contributed by atoms with E-state index in [2.05, 4.69) is 18.1 Å². The first-order valence-corrected chi connectivity index (χ1v) is 10.9. The van der Waals surface area contributed by atoms with Gasteiger partial charge in [0.2, 0.25) is 0 Å². The zero-order chi connectivity index (χ0) is 24.6. The lowest BCUT2D eigenvalue weighted by Crippen LogP contribution is -2.10. The molecule has 0 saturated carbocycles. The van der Waals surface area contributed by atoms with Crippen LogP contribution in [-0.2, 0) is 9.59 Å². The Morgan fingerprint density at radius 3 is 1.37 bits per heavy atom. The molecule has 0 atom stereocenters. The highest BCUT2D eigenvalue weighted by Crippen LogP contribution is 2.36. The van der Waals surface area contributed by atoms with Gasteiger partial charge in [0.25, 0.3) is 0 Å². The Balaban J connectivity index is 1.61. The van der Waals surface area contributed by atoms with Gasteiger partial charge in [0.15, 0.2) is 0 Å². The Bertz CT molecular complexity index is 1330. The van der Waals surface area contributed by atoms with Gasteiger partial charge >= 0.3 is 11.9 Å². The van der Waals surface area contributed by atoms with E-state index in [0.29, 0.717) is 11.5 Å². The van der Waals surface area contributed by atoms with E-state index in [0.717, 1.165) is 40.3 Å². The van der Waals surface area contributed by atoms with E-state index in [-0.39, 0.29) is 0 Å². The van der Waals surface area contributed by atoms with Crippen molar-refractivity contribution in [1.29, 1.82) is 0 Å². The topological polar surface area (TPSA) is 55.8 Å². The number of esters is 2. The zero-order valence-electron chi connectivity index (χ0n) is 19.0. The minimum atomic E-state index is -0.500. The Labute approximate surface area is 204 Å². The second kappa shape index (κ2) is 10.8. The van der Waals surface area contributed by atoms with E-state index in [9.17, 15) is 9.59 Å². The summed E-state index contributed by atoms with van der Waals surface area (Å²) in [5.41, 5.74) is 4.89. The molecule has 4 rings (SSSR count). The van der Waals surface area contributed by atoms with Gasteiger partial charge in [-0.25, -0.2) is 9.59 Å². The number of hydrogen-bond acceptors (Lipinski definition) is 5. The summed E-state index contributed by atoms with van der Waals surface area (Å²) in [7, 11) is 0. The van der Waals surface area contributed by atoms with Crippen molar-refractivity contribution in [2.75, 3.05) is 4.90 Å². The molecule has 0 aliphatic heterocycles. The van der Waals surface area contributed by atoms with Gasteiger partial charge in [-0.3, -0.25) is 0 Å². The molecule has 0 radical (unpaired) electrons. The third kappa shape index (κ3) is 5.72. The van der Waals surface area contributed by atoms with Crippen LogP contribution in [0, 0.1) is 0 Å².